The van der Waals surface area contributed by atoms with Crippen LogP contribution in [-0.2, 0) is 7.05 Å². The van der Waals surface area contributed by atoms with E-state index in [1.807, 2.05) is 29.8 Å². The van der Waals surface area contributed by atoms with Crippen molar-refractivity contribution in [3.05, 3.63) is 53.6 Å². The van der Waals surface area contributed by atoms with Crippen LogP contribution in [0.1, 0.15) is 22.8 Å². The summed E-state index contributed by atoms with van der Waals surface area (Å²) >= 11 is 0. The molecule has 0 saturated heterocycles. The number of aryl methyl sites for hydroxylation is 2. The highest BCUT2D eigenvalue weighted by Gasteiger charge is 2.11. The predicted molar refractivity (Wildman–Crippen MR) is 80.9 cm³/mol. The minimum atomic E-state index is 0.0741. The summed E-state index contributed by atoms with van der Waals surface area (Å²) in [5.74, 6) is 0.991. The molecule has 0 bridgehead atoms. The molecule has 3 heteroatoms. The fourth-order valence-electron chi connectivity index (χ4n) is 2.37. The van der Waals surface area contributed by atoms with Crippen LogP contribution in [0.3, 0.4) is 0 Å². The second-order valence-electron chi connectivity index (χ2n) is 5.12. The smallest absolute Gasteiger partial charge is 0.159 e. The fraction of sp³-hybridized carbons (Fsp3) is 0.176. The van der Waals surface area contributed by atoms with Gasteiger partial charge in [0.2, 0.25) is 0 Å². The topological polar surface area (TPSA) is 34.9 Å². The highest BCUT2D eigenvalue weighted by atomic mass is 16.1. The quantitative estimate of drug-likeness (QED) is 0.661. The van der Waals surface area contributed by atoms with Crippen LogP contribution in [-0.4, -0.2) is 15.3 Å². The number of benzene rings is 2. The van der Waals surface area contributed by atoms with Gasteiger partial charge in [-0.1, -0.05) is 29.8 Å². The van der Waals surface area contributed by atoms with Gasteiger partial charge in [-0.2, -0.15) is 0 Å². The molecule has 0 atom stereocenters. The summed E-state index contributed by atoms with van der Waals surface area (Å²) in [4.78, 5) is 16.1. The monoisotopic (exact) mass is 264 g/mol. The summed E-state index contributed by atoms with van der Waals surface area (Å²) in [7, 11) is 1.98. The standard InChI is InChI=1S/C17H16N2O/c1-11-4-6-13(7-5-11)17-18-15-9-8-14(12(2)20)10-16(15)19(17)3/h4-10H,1-3H3. The summed E-state index contributed by atoms with van der Waals surface area (Å²) < 4.78 is 2.03. The lowest BCUT2D eigenvalue weighted by Crippen LogP contribution is -1.95. The third-order valence-corrected chi connectivity index (χ3v) is 3.60. The molecule has 3 nitrogen and oxygen atoms in total. The Hall–Kier alpha value is -2.42. The summed E-state index contributed by atoms with van der Waals surface area (Å²) in [6, 6.07) is 13.9. The molecule has 3 rings (SSSR count). The van der Waals surface area contributed by atoms with Crippen molar-refractivity contribution in [1.29, 1.82) is 0 Å². The highest BCUT2D eigenvalue weighted by Crippen LogP contribution is 2.24. The van der Waals surface area contributed by atoms with E-state index in [1.165, 1.54) is 5.56 Å². The molecular weight excluding hydrogens is 248 g/mol. The van der Waals surface area contributed by atoms with E-state index in [0.29, 0.717) is 0 Å². The van der Waals surface area contributed by atoms with Crippen molar-refractivity contribution in [3.8, 4) is 11.4 Å². The Morgan fingerprint density at radius 1 is 1.10 bits per heavy atom. The normalized spacial score (nSPS) is 10.9. The summed E-state index contributed by atoms with van der Waals surface area (Å²) in [5, 5.41) is 0. The van der Waals surface area contributed by atoms with Gasteiger partial charge < -0.3 is 4.57 Å². The Kier molecular flexibility index (Phi) is 2.90. The van der Waals surface area contributed by atoms with Gasteiger partial charge in [-0.3, -0.25) is 4.79 Å². The second kappa shape index (κ2) is 4.60. The lowest BCUT2D eigenvalue weighted by Gasteiger charge is -2.03. The number of carbonyl (C=O) groups excluding carboxylic acids is 1. The van der Waals surface area contributed by atoms with E-state index in [-0.39, 0.29) is 5.78 Å². The number of imidazole rings is 1. The van der Waals surface area contributed by atoms with Crippen molar-refractivity contribution < 1.29 is 4.79 Å². The molecule has 0 radical (unpaired) electrons. The Bertz CT molecular complexity index is 798. The Morgan fingerprint density at radius 2 is 1.80 bits per heavy atom. The summed E-state index contributed by atoms with van der Waals surface area (Å²) in [5.41, 5.74) is 4.92. The molecule has 100 valence electrons. The lowest BCUT2D eigenvalue weighted by molar-refractivity contribution is 0.101. The van der Waals surface area contributed by atoms with Gasteiger partial charge in [-0.15, -0.1) is 0 Å². The molecule has 0 fully saturated rings. The first-order valence-corrected chi connectivity index (χ1v) is 6.61. The number of fused-ring (bicyclic) bond motifs is 1. The molecular formula is C17H16N2O. The predicted octanol–water partition coefficient (Wildman–Crippen LogP) is 3.75. The van der Waals surface area contributed by atoms with Crippen LogP contribution in [0.2, 0.25) is 0 Å². The van der Waals surface area contributed by atoms with Crippen LogP contribution in [0.4, 0.5) is 0 Å². The average Bonchev–Trinajstić information content (AvgIpc) is 2.76. The van der Waals surface area contributed by atoms with Gasteiger partial charge in [0, 0.05) is 18.2 Å². The number of nitrogens with zero attached hydrogens (tertiary/aromatic N) is 2. The van der Waals surface area contributed by atoms with E-state index in [0.717, 1.165) is 28.0 Å². The van der Waals surface area contributed by atoms with Gasteiger partial charge in [0.15, 0.2) is 5.78 Å². The molecule has 0 aliphatic carbocycles. The molecule has 0 aliphatic heterocycles. The van der Waals surface area contributed by atoms with Crippen molar-refractivity contribution >= 4 is 16.8 Å². The molecule has 0 amide bonds. The zero-order chi connectivity index (χ0) is 14.3. The highest BCUT2D eigenvalue weighted by molar-refractivity contribution is 5.97. The van der Waals surface area contributed by atoms with E-state index >= 15 is 0 Å². The molecule has 0 N–H and O–H groups in total. The molecule has 20 heavy (non-hydrogen) atoms. The van der Waals surface area contributed by atoms with Crippen LogP contribution in [0.5, 0.6) is 0 Å². The molecule has 0 aliphatic rings. The largest absolute Gasteiger partial charge is 0.327 e. The average molecular weight is 264 g/mol. The van der Waals surface area contributed by atoms with E-state index in [4.69, 9.17) is 0 Å². The van der Waals surface area contributed by atoms with Gasteiger partial charge in [0.05, 0.1) is 11.0 Å². The number of aromatic nitrogens is 2. The minimum Gasteiger partial charge on any atom is -0.327 e. The molecule has 1 heterocycles. The SMILES string of the molecule is CC(=O)c1ccc2nc(-c3ccc(C)cc3)n(C)c2c1. The van der Waals surface area contributed by atoms with Gasteiger partial charge in [0.25, 0.3) is 0 Å². The molecule has 0 unspecified atom stereocenters. The summed E-state index contributed by atoms with van der Waals surface area (Å²) in [6.07, 6.45) is 0. The van der Waals surface area contributed by atoms with Crippen molar-refractivity contribution in [2.24, 2.45) is 7.05 Å². The maximum atomic E-state index is 11.5. The maximum Gasteiger partial charge on any atom is 0.159 e. The molecule has 3 aromatic rings. The Balaban J connectivity index is 2.20. The zero-order valence-electron chi connectivity index (χ0n) is 11.8. The molecule has 1 aromatic heterocycles. The van der Waals surface area contributed by atoms with Gasteiger partial charge in [0.1, 0.15) is 5.82 Å². The van der Waals surface area contributed by atoms with Crippen LogP contribution in [0.25, 0.3) is 22.4 Å². The van der Waals surface area contributed by atoms with Gasteiger partial charge >= 0.3 is 0 Å². The van der Waals surface area contributed by atoms with Gasteiger partial charge in [-0.05, 0) is 32.0 Å². The first-order valence-electron chi connectivity index (χ1n) is 6.61. The van der Waals surface area contributed by atoms with Crippen LogP contribution in [0.15, 0.2) is 42.5 Å². The molecule has 2 aromatic carbocycles. The third kappa shape index (κ3) is 2.01. The first-order chi connectivity index (χ1) is 9.56. The Morgan fingerprint density at radius 3 is 2.45 bits per heavy atom. The second-order valence-corrected chi connectivity index (χ2v) is 5.12. The van der Waals surface area contributed by atoms with E-state index in [1.54, 1.807) is 6.92 Å². The molecule has 0 saturated carbocycles. The van der Waals surface area contributed by atoms with Crippen LogP contribution in [0, 0.1) is 6.92 Å². The van der Waals surface area contributed by atoms with E-state index < -0.39 is 0 Å². The lowest BCUT2D eigenvalue weighted by atomic mass is 10.1. The van der Waals surface area contributed by atoms with Crippen molar-refractivity contribution in [3.63, 3.8) is 0 Å². The fourth-order valence-corrected chi connectivity index (χ4v) is 2.37. The van der Waals surface area contributed by atoms with Crippen molar-refractivity contribution in [2.45, 2.75) is 13.8 Å². The van der Waals surface area contributed by atoms with Crippen molar-refractivity contribution in [2.75, 3.05) is 0 Å². The number of rotatable bonds is 2. The third-order valence-electron chi connectivity index (χ3n) is 3.60. The Labute approximate surface area is 117 Å². The number of ketones is 1. The number of hydrogen-bond acceptors (Lipinski definition) is 2. The van der Waals surface area contributed by atoms with Crippen LogP contribution < -0.4 is 0 Å². The van der Waals surface area contributed by atoms with Crippen molar-refractivity contribution in [1.82, 2.24) is 9.55 Å². The van der Waals surface area contributed by atoms with E-state index in [2.05, 4.69) is 36.2 Å². The maximum absolute atomic E-state index is 11.5. The number of Topliss-reactive ketones (excluding diaryl/α,β-unsaturated/α-hetero) is 1. The summed E-state index contributed by atoms with van der Waals surface area (Å²) in [6.45, 7) is 3.65. The van der Waals surface area contributed by atoms with E-state index in [9.17, 15) is 4.79 Å². The molecule has 0 spiro atoms. The minimum absolute atomic E-state index is 0.0741. The van der Waals surface area contributed by atoms with Gasteiger partial charge in [-0.25, -0.2) is 4.98 Å². The number of carbonyl (C=O) groups is 1. The first kappa shape index (κ1) is 12.6. The zero-order valence-corrected chi connectivity index (χ0v) is 11.8. The van der Waals surface area contributed by atoms with Crippen LogP contribution >= 0.6 is 0 Å². The number of hydrogen-bond donors (Lipinski definition) is 0.